The number of hydrogen-bond donors (Lipinski definition) is 2. The van der Waals surface area contributed by atoms with Gasteiger partial charge in [0.2, 0.25) is 0 Å². The second kappa shape index (κ2) is 8.12. The third-order valence-corrected chi connectivity index (χ3v) is 3.12. The van der Waals surface area contributed by atoms with E-state index < -0.39 is 0 Å². The molecule has 0 radical (unpaired) electrons. The van der Waals surface area contributed by atoms with Gasteiger partial charge in [-0.3, -0.25) is 4.79 Å². The van der Waals surface area contributed by atoms with Gasteiger partial charge in [-0.05, 0) is 17.9 Å². The van der Waals surface area contributed by atoms with Crippen molar-refractivity contribution in [3.05, 3.63) is 54.0 Å². The van der Waals surface area contributed by atoms with Crippen LogP contribution in [0.15, 0.2) is 42.7 Å². The molecule has 1 amide bonds. The smallest absolute Gasteiger partial charge is 0.271 e. The van der Waals surface area contributed by atoms with Gasteiger partial charge in [0.25, 0.3) is 5.91 Å². The Morgan fingerprint density at radius 1 is 1.14 bits per heavy atom. The summed E-state index contributed by atoms with van der Waals surface area (Å²) in [5.74, 6) is 1.02. The van der Waals surface area contributed by atoms with E-state index in [-0.39, 0.29) is 5.91 Å². The average molecular weight is 298 g/mol. The molecule has 0 saturated carbocycles. The van der Waals surface area contributed by atoms with Gasteiger partial charge < -0.3 is 10.6 Å². The fraction of sp³-hybridized carbons (Fsp3) is 0.353. The van der Waals surface area contributed by atoms with Crippen molar-refractivity contribution >= 4 is 11.7 Å². The Labute approximate surface area is 131 Å². The monoisotopic (exact) mass is 298 g/mol. The lowest BCUT2D eigenvalue weighted by molar-refractivity contribution is 0.0949. The predicted octanol–water partition coefficient (Wildman–Crippen LogP) is 2.52. The molecule has 0 aliphatic heterocycles. The van der Waals surface area contributed by atoms with E-state index in [0.717, 1.165) is 13.0 Å². The van der Waals surface area contributed by atoms with Gasteiger partial charge in [0.1, 0.15) is 11.5 Å². The molecule has 1 aromatic carbocycles. The second-order valence-corrected chi connectivity index (χ2v) is 5.55. The van der Waals surface area contributed by atoms with E-state index in [1.807, 2.05) is 30.3 Å². The van der Waals surface area contributed by atoms with Gasteiger partial charge in [-0.25, -0.2) is 9.97 Å². The maximum absolute atomic E-state index is 12.0. The first-order chi connectivity index (χ1) is 10.6. The molecule has 0 atom stereocenters. The Morgan fingerprint density at radius 2 is 1.91 bits per heavy atom. The average Bonchev–Trinajstić information content (AvgIpc) is 2.54. The van der Waals surface area contributed by atoms with Crippen LogP contribution in [0.5, 0.6) is 0 Å². The molecule has 2 N–H and O–H groups in total. The molecule has 5 nitrogen and oxygen atoms in total. The van der Waals surface area contributed by atoms with E-state index in [1.54, 1.807) is 6.20 Å². The van der Waals surface area contributed by atoms with Crippen LogP contribution in [-0.2, 0) is 6.42 Å². The lowest BCUT2D eigenvalue weighted by Crippen LogP contribution is -2.26. The van der Waals surface area contributed by atoms with Gasteiger partial charge in [-0.15, -0.1) is 0 Å². The molecule has 0 fully saturated rings. The van der Waals surface area contributed by atoms with Crippen LogP contribution >= 0.6 is 0 Å². The molecule has 1 heterocycles. The van der Waals surface area contributed by atoms with Crippen LogP contribution in [0.3, 0.4) is 0 Å². The third-order valence-electron chi connectivity index (χ3n) is 3.12. The second-order valence-electron chi connectivity index (χ2n) is 5.55. The van der Waals surface area contributed by atoms with Crippen molar-refractivity contribution in [3.63, 3.8) is 0 Å². The highest BCUT2D eigenvalue weighted by molar-refractivity contribution is 5.91. The zero-order valence-corrected chi connectivity index (χ0v) is 13.0. The van der Waals surface area contributed by atoms with Crippen LogP contribution in [-0.4, -0.2) is 29.0 Å². The molecule has 0 unspecified atom stereocenters. The standard InChI is InChI=1S/C17H22N4O/c1-13(2)10-20-16-12-19-15(11-21-16)17(22)18-9-8-14-6-4-3-5-7-14/h3-7,11-13H,8-10H2,1-2H3,(H,18,22)(H,20,21). The molecule has 116 valence electrons. The van der Waals surface area contributed by atoms with Crippen LogP contribution in [0.1, 0.15) is 29.9 Å². The third kappa shape index (κ3) is 5.16. The molecular weight excluding hydrogens is 276 g/mol. The fourth-order valence-corrected chi connectivity index (χ4v) is 1.90. The first-order valence-electron chi connectivity index (χ1n) is 7.53. The molecule has 0 bridgehead atoms. The normalized spacial score (nSPS) is 10.5. The maximum atomic E-state index is 12.0. The summed E-state index contributed by atoms with van der Waals surface area (Å²) >= 11 is 0. The van der Waals surface area contributed by atoms with E-state index in [2.05, 4.69) is 34.4 Å². The quantitative estimate of drug-likeness (QED) is 0.824. The molecule has 0 aliphatic carbocycles. The number of rotatable bonds is 7. The van der Waals surface area contributed by atoms with Crippen LogP contribution in [0.25, 0.3) is 0 Å². The van der Waals surface area contributed by atoms with E-state index in [4.69, 9.17) is 0 Å². The number of nitrogens with zero attached hydrogens (tertiary/aromatic N) is 2. The Bertz CT molecular complexity index is 581. The van der Waals surface area contributed by atoms with E-state index >= 15 is 0 Å². The molecule has 2 rings (SSSR count). The predicted molar refractivity (Wildman–Crippen MR) is 87.8 cm³/mol. The minimum absolute atomic E-state index is 0.196. The highest BCUT2D eigenvalue weighted by Gasteiger charge is 2.07. The Morgan fingerprint density at radius 3 is 2.55 bits per heavy atom. The zero-order chi connectivity index (χ0) is 15.8. The van der Waals surface area contributed by atoms with E-state index in [1.165, 1.54) is 11.8 Å². The van der Waals surface area contributed by atoms with Crippen LogP contribution < -0.4 is 10.6 Å². The number of carbonyl (C=O) groups excluding carboxylic acids is 1. The number of anilines is 1. The first-order valence-corrected chi connectivity index (χ1v) is 7.53. The van der Waals surface area contributed by atoms with Crippen molar-refractivity contribution in [2.75, 3.05) is 18.4 Å². The van der Waals surface area contributed by atoms with Gasteiger partial charge in [0.15, 0.2) is 0 Å². The molecule has 1 aromatic heterocycles. The summed E-state index contributed by atoms with van der Waals surface area (Å²) < 4.78 is 0. The number of benzene rings is 1. The molecule has 0 aliphatic rings. The van der Waals surface area contributed by atoms with Crippen molar-refractivity contribution < 1.29 is 4.79 Å². The summed E-state index contributed by atoms with van der Waals surface area (Å²) in [5, 5.41) is 6.02. The molecule has 0 saturated heterocycles. The fourth-order valence-electron chi connectivity index (χ4n) is 1.90. The van der Waals surface area contributed by atoms with E-state index in [0.29, 0.717) is 24.0 Å². The topological polar surface area (TPSA) is 66.9 Å². The van der Waals surface area contributed by atoms with Crippen molar-refractivity contribution in [3.8, 4) is 0 Å². The Balaban J connectivity index is 1.79. The van der Waals surface area contributed by atoms with E-state index in [9.17, 15) is 4.79 Å². The summed E-state index contributed by atoms with van der Waals surface area (Å²) in [5.41, 5.74) is 1.53. The van der Waals surface area contributed by atoms with Crippen molar-refractivity contribution in [1.82, 2.24) is 15.3 Å². The highest BCUT2D eigenvalue weighted by atomic mass is 16.1. The minimum atomic E-state index is -0.196. The number of nitrogens with one attached hydrogen (secondary N) is 2. The maximum Gasteiger partial charge on any atom is 0.271 e. The zero-order valence-electron chi connectivity index (χ0n) is 13.0. The molecule has 2 aromatic rings. The summed E-state index contributed by atoms with van der Waals surface area (Å²) in [4.78, 5) is 20.3. The van der Waals surface area contributed by atoms with Gasteiger partial charge >= 0.3 is 0 Å². The van der Waals surface area contributed by atoms with Crippen molar-refractivity contribution in [1.29, 1.82) is 0 Å². The lowest BCUT2D eigenvalue weighted by Gasteiger charge is -2.08. The summed E-state index contributed by atoms with van der Waals surface area (Å²) in [6.07, 6.45) is 3.89. The van der Waals surface area contributed by atoms with Gasteiger partial charge in [-0.2, -0.15) is 0 Å². The number of carbonyl (C=O) groups is 1. The first kappa shape index (κ1) is 15.9. The summed E-state index contributed by atoms with van der Waals surface area (Å²) in [7, 11) is 0. The van der Waals surface area contributed by atoms with Crippen LogP contribution in [0.2, 0.25) is 0 Å². The van der Waals surface area contributed by atoms with Gasteiger partial charge in [-0.1, -0.05) is 44.2 Å². The van der Waals surface area contributed by atoms with Gasteiger partial charge in [0.05, 0.1) is 12.4 Å². The highest BCUT2D eigenvalue weighted by Crippen LogP contribution is 2.03. The molecule has 22 heavy (non-hydrogen) atoms. The lowest BCUT2D eigenvalue weighted by atomic mass is 10.1. The SMILES string of the molecule is CC(C)CNc1cnc(C(=O)NCCc2ccccc2)cn1. The van der Waals surface area contributed by atoms with Crippen molar-refractivity contribution in [2.45, 2.75) is 20.3 Å². The number of hydrogen-bond acceptors (Lipinski definition) is 4. The number of amides is 1. The minimum Gasteiger partial charge on any atom is -0.369 e. The largest absolute Gasteiger partial charge is 0.369 e. The molecular formula is C17H22N4O. The Kier molecular flexibility index (Phi) is 5.89. The molecule has 0 spiro atoms. The van der Waals surface area contributed by atoms with Crippen LogP contribution in [0, 0.1) is 5.92 Å². The number of aromatic nitrogens is 2. The molecule has 5 heteroatoms. The summed E-state index contributed by atoms with van der Waals surface area (Å²) in [6.45, 7) is 5.65. The summed E-state index contributed by atoms with van der Waals surface area (Å²) in [6, 6.07) is 10.0. The van der Waals surface area contributed by atoms with Crippen LogP contribution in [0.4, 0.5) is 5.82 Å². The Hall–Kier alpha value is -2.43. The van der Waals surface area contributed by atoms with Crippen molar-refractivity contribution in [2.24, 2.45) is 5.92 Å². The van der Waals surface area contributed by atoms with Gasteiger partial charge in [0, 0.05) is 13.1 Å².